The predicted octanol–water partition coefficient (Wildman–Crippen LogP) is 2.51. The third-order valence-electron chi connectivity index (χ3n) is 3.07. The lowest BCUT2D eigenvalue weighted by molar-refractivity contribution is -0.137. The van der Waals surface area contributed by atoms with Gasteiger partial charge in [0.15, 0.2) is 0 Å². The van der Waals surface area contributed by atoms with Crippen LogP contribution in [-0.2, 0) is 11.0 Å². The third kappa shape index (κ3) is 2.76. The van der Waals surface area contributed by atoms with Crippen molar-refractivity contribution in [3.63, 3.8) is 0 Å². The van der Waals surface area contributed by atoms with E-state index in [1.54, 1.807) is 19.0 Å². The number of carbonyl (C=O) groups excluding carboxylic acids is 2. The highest BCUT2D eigenvalue weighted by Crippen LogP contribution is 2.33. The van der Waals surface area contributed by atoms with Crippen LogP contribution in [0.3, 0.4) is 0 Å². The molecule has 1 aromatic carbocycles. The molecule has 0 unspecified atom stereocenters. The number of hydrogen-bond donors (Lipinski definition) is 0. The number of imide groups is 1. The van der Waals surface area contributed by atoms with E-state index < -0.39 is 23.7 Å². The Morgan fingerprint density at radius 2 is 1.82 bits per heavy atom. The second-order valence-corrected chi connectivity index (χ2v) is 5.01. The second kappa shape index (κ2) is 5.36. The van der Waals surface area contributed by atoms with Crippen LogP contribution in [0.4, 0.5) is 23.7 Å². The molecule has 1 aliphatic heterocycles. The zero-order valence-corrected chi connectivity index (χ0v) is 12.2. The molecule has 5 nitrogen and oxygen atoms in total. The Labute approximate surface area is 125 Å². The fourth-order valence-electron chi connectivity index (χ4n) is 2.03. The number of benzene rings is 1. The Hall–Kier alpha value is -2.51. The van der Waals surface area contributed by atoms with Crippen molar-refractivity contribution in [2.45, 2.75) is 6.18 Å². The summed E-state index contributed by atoms with van der Waals surface area (Å²) in [6, 6.07) is 3.42. The largest absolute Gasteiger partial charge is 0.416 e. The Balaban J connectivity index is 2.46. The maximum atomic E-state index is 12.8. The van der Waals surface area contributed by atoms with Crippen molar-refractivity contribution in [2.75, 3.05) is 26.0 Å². The van der Waals surface area contributed by atoms with E-state index in [1.807, 2.05) is 0 Å². The third-order valence-corrected chi connectivity index (χ3v) is 3.07. The number of rotatable bonds is 2. The highest BCUT2D eigenvalue weighted by Gasteiger charge is 2.41. The molecule has 0 atom stereocenters. The number of amides is 3. The first kappa shape index (κ1) is 15.9. The number of alkyl halides is 3. The van der Waals surface area contributed by atoms with Gasteiger partial charge in [0.2, 0.25) is 0 Å². The molecule has 0 radical (unpaired) electrons. The normalized spacial score (nSPS) is 17.6. The number of hydrogen-bond acceptors (Lipinski definition) is 3. The van der Waals surface area contributed by atoms with Crippen LogP contribution in [0.5, 0.6) is 0 Å². The van der Waals surface area contributed by atoms with Crippen LogP contribution in [0.15, 0.2) is 36.2 Å². The summed E-state index contributed by atoms with van der Waals surface area (Å²) in [5, 5.41) is 0. The highest BCUT2D eigenvalue weighted by molar-refractivity contribution is 6.26. The average Bonchev–Trinajstić information content (AvgIpc) is 2.62. The van der Waals surface area contributed by atoms with Crippen molar-refractivity contribution in [1.29, 1.82) is 0 Å². The van der Waals surface area contributed by atoms with E-state index >= 15 is 0 Å². The summed E-state index contributed by atoms with van der Waals surface area (Å²) < 4.78 is 38.3. The number of anilines is 1. The van der Waals surface area contributed by atoms with Crippen LogP contribution in [-0.4, -0.2) is 42.9 Å². The van der Waals surface area contributed by atoms with Crippen molar-refractivity contribution in [3.8, 4) is 0 Å². The van der Waals surface area contributed by atoms with Gasteiger partial charge in [0, 0.05) is 27.3 Å². The Morgan fingerprint density at radius 1 is 1.18 bits per heavy atom. The fourth-order valence-corrected chi connectivity index (χ4v) is 2.03. The van der Waals surface area contributed by atoms with Gasteiger partial charge in [-0.2, -0.15) is 13.2 Å². The van der Waals surface area contributed by atoms with Gasteiger partial charge in [0.25, 0.3) is 5.91 Å². The molecule has 0 aliphatic carbocycles. The molecule has 8 heteroatoms. The van der Waals surface area contributed by atoms with Crippen molar-refractivity contribution >= 4 is 17.6 Å². The number of likely N-dealkylation sites (N-methyl/N-ethyl adjacent to an activating group) is 1. The molecular weight excluding hydrogens is 299 g/mol. The van der Waals surface area contributed by atoms with Crippen molar-refractivity contribution in [2.24, 2.45) is 0 Å². The van der Waals surface area contributed by atoms with Gasteiger partial charge in [-0.25, -0.2) is 9.69 Å². The standard InChI is InChI=1S/C14H14F3N3O2/c1-18(2)8-11-12(21)20(13(22)19(11)3)10-6-4-5-9(7-10)14(15,16)17/h4-8H,1-3H3/b11-8-. The topological polar surface area (TPSA) is 43.9 Å². The Kier molecular flexibility index (Phi) is 3.87. The average molecular weight is 313 g/mol. The van der Waals surface area contributed by atoms with Gasteiger partial charge in [-0.3, -0.25) is 9.69 Å². The molecule has 1 saturated heterocycles. The number of nitrogens with zero attached hydrogens (tertiary/aromatic N) is 3. The van der Waals surface area contributed by atoms with E-state index in [1.165, 1.54) is 19.3 Å². The van der Waals surface area contributed by atoms with Gasteiger partial charge >= 0.3 is 12.2 Å². The van der Waals surface area contributed by atoms with Crippen LogP contribution in [0.25, 0.3) is 0 Å². The van der Waals surface area contributed by atoms with E-state index in [0.29, 0.717) is 0 Å². The van der Waals surface area contributed by atoms with Crippen LogP contribution in [0, 0.1) is 0 Å². The van der Waals surface area contributed by atoms with E-state index in [2.05, 4.69) is 0 Å². The first-order chi connectivity index (χ1) is 10.1. The summed E-state index contributed by atoms with van der Waals surface area (Å²) in [6.07, 6.45) is -3.11. The van der Waals surface area contributed by atoms with Gasteiger partial charge < -0.3 is 4.90 Å². The summed E-state index contributed by atoms with van der Waals surface area (Å²) in [6.45, 7) is 0. The molecule has 22 heavy (non-hydrogen) atoms. The van der Waals surface area contributed by atoms with E-state index in [-0.39, 0.29) is 11.4 Å². The summed E-state index contributed by atoms with van der Waals surface area (Å²) in [5.74, 6) is -0.666. The molecule has 0 spiro atoms. The number of halogens is 3. The van der Waals surface area contributed by atoms with E-state index in [0.717, 1.165) is 28.0 Å². The van der Waals surface area contributed by atoms with Gasteiger partial charge in [-0.1, -0.05) is 6.07 Å². The Morgan fingerprint density at radius 3 is 2.36 bits per heavy atom. The maximum absolute atomic E-state index is 12.8. The molecule has 1 fully saturated rings. The molecule has 0 N–H and O–H groups in total. The first-order valence-corrected chi connectivity index (χ1v) is 6.30. The molecule has 1 heterocycles. The monoisotopic (exact) mass is 313 g/mol. The maximum Gasteiger partial charge on any atom is 0.416 e. The molecular formula is C14H14F3N3O2. The highest BCUT2D eigenvalue weighted by atomic mass is 19.4. The lowest BCUT2D eigenvalue weighted by Gasteiger charge is -2.15. The first-order valence-electron chi connectivity index (χ1n) is 6.30. The van der Waals surface area contributed by atoms with Crippen molar-refractivity contribution in [1.82, 2.24) is 9.80 Å². The minimum atomic E-state index is -4.55. The van der Waals surface area contributed by atoms with E-state index in [4.69, 9.17) is 0 Å². The Bertz CT molecular complexity index is 653. The molecule has 3 amide bonds. The molecule has 1 aromatic rings. The van der Waals surface area contributed by atoms with Gasteiger partial charge in [-0.05, 0) is 18.2 Å². The predicted molar refractivity (Wildman–Crippen MR) is 73.9 cm³/mol. The lowest BCUT2D eigenvalue weighted by Crippen LogP contribution is -2.31. The smallest absolute Gasteiger partial charge is 0.382 e. The van der Waals surface area contributed by atoms with Gasteiger partial charge in [0.05, 0.1) is 11.3 Å². The molecule has 0 bridgehead atoms. The molecule has 1 aliphatic rings. The van der Waals surface area contributed by atoms with Crippen LogP contribution < -0.4 is 4.90 Å². The minimum Gasteiger partial charge on any atom is -0.382 e. The SMILES string of the molecule is CN(C)/C=C1/C(=O)N(c2cccc(C(F)(F)F)c2)C(=O)N1C. The number of carbonyl (C=O) groups is 2. The zero-order valence-electron chi connectivity index (χ0n) is 12.2. The summed E-state index contributed by atoms with van der Waals surface area (Å²) in [5.41, 5.74) is -0.940. The minimum absolute atomic E-state index is 0.0902. The summed E-state index contributed by atoms with van der Waals surface area (Å²) >= 11 is 0. The quantitative estimate of drug-likeness (QED) is 0.622. The molecule has 118 valence electrons. The van der Waals surface area contributed by atoms with Crippen molar-refractivity contribution < 1.29 is 22.8 Å². The molecule has 2 rings (SSSR count). The van der Waals surface area contributed by atoms with Crippen LogP contribution >= 0.6 is 0 Å². The van der Waals surface area contributed by atoms with Gasteiger partial charge in [0.1, 0.15) is 5.70 Å². The summed E-state index contributed by atoms with van der Waals surface area (Å²) in [4.78, 5) is 27.9. The second-order valence-electron chi connectivity index (χ2n) is 5.01. The van der Waals surface area contributed by atoms with Crippen LogP contribution in [0.1, 0.15) is 5.56 Å². The van der Waals surface area contributed by atoms with Gasteiger partial charge in [-0.15, -0.1) is 0 Å². The van der Waals surface area contributed by atoms with Crippen LogP contribution in [0.2, 0.25) is 0 Å². The summed E-state index contributed by atoms with van der Waals surface area (Å²) in [7, 11) is 4.74. The fraction of sp³-hybridized carbons (Fsp3) is 0.286. The van der Waals surface area contributed by atoms with Crippen molar-refractivity contribution in [3.05, 3.63) is 41.7 Å². The number of urea groups is 1. The lowest BCUT2D eigenvalue weighted by atomic mass is 10.2. The zero-order chi connectivity index (χ0) is 16.7. The van der Waals surface area contributed by atoms with E-state index in [9.17, 15) is 22.8 Å². The molecule has 0 saturated carbocycles. The molecule has 0 aromatic heterocycles.